The van der Waals surface area contributed by atoms with E-state index in [1.165, 1.54) is 11.8 Å². The molecule has 1 saturated heterocycles. The molecule has 0 bridgehead atoms. The maximum absolute atomic E-state index is 12.5. The topological polar surface area (TPSA) is 153 Å². The number of nitrogens with zero attached hydrogens (tertiary/aromatic N) is 6. The fourth-order valence-electron chi connectivity index (χ4n) is 5.85. The van der Waals surface area contributed by atoms with Gasteiger partial charge in [0.25, 0.3) is 5.91 Å². The van der Waals surface area contributed by atoms with E-state index in [0.717, 1.165) is 67.0 Å². The molecule has 4 aromatic heterocycles. The molecule has 5 heterocycles. The predicted molar refractivity (Wildman–Crippen MR) is 144 cm³/mol. The molecule has 4 aromatic rings. The zero-order valence-corrected chi connectivity index (χ0v) is 22.1. The largest absolute Gasteiger partial charge is 0.364 e. The third-order valence-corrected chi connectivity index (χ3v) is 9.70. The Hall–Kier alpha value is -3.28. The predicted octanol–water partition coefficient (Wildman–Crippen LogP) is 3.77. The molecular weight excluding hydrogens is 522 g/mol. The van der Waals surface area contributed by atoms with E-state index < -0.39 is 5.91 Å². The van der Waals surface area contributed by atoms with Crippen LogP contribution in [0.2, 0.25) is 5.02 Å². The third-order valence-electron chi connectivity index (χ3n) is 8.14. The summed E-state index contributed by atoms with van der Waals surface area (Å²) in [7, 11) is 0. The number of primary amides is 1. The Morgan fingerprint density at radius 1 is 1.16 bits per heavy atom. The molecule has 12 heteroatoms. The maximum Gasteiger partial charge on any atom is 0.268 e. The molecule has 1 spiro atoms. The highest BCUT2D eigenvalue weighted by Crippen LogP contribution is 2.50. The Bertz CT molecular complexity index is 1580. The Morgan fingerprint density at radius 2 is 1.97 bits per heavy atom. The van der Waals surface area contributed by atoms with Gasteiger partial charge in [0.1, 0.15) is 10.7 Å². The normalized spacial score (nSPS) is 20.3. The number of nitrogens with two attached hydrogens (primary N) is 2. The van der Waals surface area contributed by atoms with Gasteiger partial charge in [-0.15, -0.1) is 0 Å². The number of halogens is 1. The average molecular weight is 548 g/mol. The van der Waals surface area contributed by atoms with Crippen molar-refractivity contribution < 1.29 is 4.79 Å². The fourth-order valence-corrected chi connectivity index (χ4v) is 7.15. The van der Waals surface area contributed by atoms with E-state index in [2.05, 4.69) is 36.1 Å². The smallest absolute Gasteiger partial charge is 0.268 e. The molecule has 1 saturated carbocycles. The lowest BCUT2D eigenvalue weighted by atomic mass is 9.73. The molecule has 2 fully saturated rings. The van der Waals surface area contributed by atoms with Crippen molar-refractivity contribution in [2.24, 2.45) is 16.9 Å². The van der Waals surface area contributed by atoms with Gasteiger partial charge in [-0.05, 0) is 55.2 Å². The molecule has 2 aliphatic carbocycles. The zero-order valence-electron chi connectivity index (χ0n) is 20.5. The molecule has 0 unspecified atom stereocenters. The second-order valence-corrected chi connectivity index (χ2v) is 11.8. The number of H-pyrrole nitrogens is 1. The number of pyridine rings is 2. The van der Waals surface area contributed by atoms with Crippen LogP contribution in [0.25, 0.3) is 11.0 Å². The van der Waals surface area contributed by atoms with Gasteiger partial charge in [0.05, 0.1) is 16.1 Å². The van der Waals surface area contributed by atoms with Gasteiger partial charge in [0, 0.05) is 48.0 Å². The number of nitrogens with one attached hydrogen (secondary N) is 1. The number of aromatic amines is 1. The first kappa shape index (κ1) is 23.8. The first-order chi connectivity index (χ1) is 18.4. The van der Waals surface area contributed by atoms with Crippen molar-refractivity contribution in [1.29, 1.82) is 0 Å². The highest BCUT2D eigenvalue weighted by molar-refractivity contribution is 7.99. The van der Waals surface area contributed by atoms with Crippen molar-refractivity contribution in [2.45, 2.75) is 54.0 Å². The number of carbonyl (C=O) groups is 1. The van der Waals surface area contributed by atoms with Crippen molar-refractivity contribution in [3.05, 3.63) is 58.3 Å². The standard InChI is InChI=1S/C26H26ClN9OS/c27-18-16(5-9-31-19(18)13-3-4-13)38-24-17-20(22(29)37)32-25(33-23(17)34-35-24)36-10-6-26(7-11-36)12-15-14(21(26)28)2-1-8-30-15/h1-2,5,8-9,13,21H,3-4,6-7,10-12,28H2,(H2,29,37)(H,32,33,34,35)/t21-/m1/s1. The monoisotopic (exact) mass is 547 g/mol. The zero-order chi connectivity index (χ0) is 26.0. The van der Waals surface area contributed by atoms with Gasteiger partial charge in [-0.3, -0.25) is 19.9 Å². The molecule has 1 atom stereocenters. The Kier molecular flexibility index (Phi) is 5.57. The summed E-state index contributed by atoms with van der Waals surface area (Å²) in [6.45, 7) is 1.44. The van der Waals surface area contributed by atoms with Gasteiger partial charge in [-0.25, -0.2) is 4.98 Å². The van der Waals surface area contributed by atoms with Gasteiger partial charge in [-0.1, -0.05) is 29.4 Å². The lowest BCUT2D eigenvalue weighted by Gasteiger charge is -2.42. The Morgan fingerprint density at radius 3 is 2.71 bits per heavy atom. The van der Waals surface area contributed by atoms with Crippen LogP contribution in [0.15, 0.2) is 40.5 Å². The van der Waals surface area contributed by atoms with E-state index in [1.807, 2.05) is 18.3 Å². The van der Waals surface area contributed by atoms with Crippen LogP contribution in [0.3, 0.4) is 0 Å². The first-order valence-corrected chi connectivity index (χ1v) is 14.0. The van der Waals surface area contributed by atoms with Gasteiger partial charge in [0.2, 0.25) is 5.95 Å². The minimum atomic E-state index is -0.630. The summed E-state index contributed by atoms with van der Waals surface area (Å²) in [5.41, 5.74) is 16.3. The van der Waals surface area contributed by atoms with E-state index in [9.17, 15) is 4.79 Å². The van der Waals surface area contributed by atoms with Crippen molar-refractivity contribution in [3.8, 4) is 0 Å². The van der Waals surface area contributed by atoms with Gasteiger partial charge in [-0.2, -0.15) is 10.1 Å². The van der Waals surface area contributed by atoms with Crippen LogP contribution in [-0.4, -0.2) is 49.1 Å². The number of hydrogen-bond donors (Lipinski definition) is 3. The summed E-state index contributed by atoms with van der Waals surface area (Å²) in [6, 6.07) is 5.85. The highest BCUT2D eigenvalue weighted by atomic mass is 35.5. The number of rotatable bonds is 5. The van der Waals surface area contributed by atoms with E-state index in [4.69, 9.17) is 28.1 Å². The van der Waals surface area contributed by atoms with Crippen LogP contribution in [0.5, 0.6) is 0 Å². The number of carbonyl (C=O) groups excluding carboxylic acids is 1. The summed E-state index contributed by atoms with van der Waals surface area (Å²) in [6.07, 6.45) is 8.43. The molecule has 1 aliphatic heterocycles. The molecule has 3 aliphatic rings. The Labute approximate surface area is 228 Å². The summed E-state index contributed by atoms with van der Waals surface area (Å²) >= 11 is 8.02. The number of hydrogen-bond acceptors (Lipinski definition) is 9. The lowest BCUT2D eigenvalue weighted by Crippen LogP contribution is -2.45. The summed E-state index contributed by atoms with van der Waals surface area (Å²) in [4.78, 5) is 33.8. The minimum absolute atomic E-state index is 0.0231. The van der Waals surface area contributed by atoms with Crippen LogP contribution in [0.4, 0.5) is 5.95 Å². The quantitative estimate of drug-likeness (QED) is 0.339. The van der Waals surface area contributed by atoms with Crippen molar-refractivity contribution in [1.82, 2.24) is 30.1 Å². The highest BCUT2D eigenvalue weighted by Gasteiger charge is 2.47. The van der Waals surface area contributed by atoms with Crippen LogP contribution in [0.1, 0.15) is 65.1 Å². The second-order valence-electron chi connectivity index (χ2n) is 10.4. The molecule has 10 nitrogen and oxygen atoms in total. The van der Waals surface area contributed by atoms with Gasteiger partial charge < -0.3 is 16.4 Å². The van der Waals surface area contributed by atoms with Crippen molar-refractivity contribution in [2.75, 3.05) is 18.0 Å². The molecule has 38 heavy (non-hydrogen) atoms. The average Bonchev–Trinajstić information content (AvgIpc) is 3.64. The first-order valence-electron chi connectivity index (χ1n) is 12.8. The molecule has 0 aromatic carbocycles. The van der Waals surface area contributed by atoms with Crippen LogP contribution < -0.4 is 16.4 Å². The number of piperidine rings is 1. The second kappa shape index (κ2) is 8.89. The van der Waals surface area contributed by atoms with E-state index in [0.29, 0.717) is 32.9 Å². The van der Waals surface area contributed by atoms with Crippen LogP contribution >= 0.6 is 23.4 Å². The third kappa shape index (κ3) is 3.83. The van der Waals surface area contributed by atoms with E-state index in [-0.39, 0.29) is 17.2 Å². The summed E-state index contributed by atoms with van der Waals surface area (Å²) in [5, 5.41) is 9.10. The van der Waals surface area contributed by atoms with Crippen molar-refractivity contribution in [3.63, 3.8) is 0 Å². The van der Waals surface area contributed by atoms with Crippen LogP contribution in [0, 0.1) is 5.41 Å². The minimum Gasteiger partial charge on any atom is -0.364 e. The molecule has 194 valence electrons. The maximum atomic E-state index is 12.5. The van der Waals surface area contributed by atoms with E-state index in [1.54, 1.807) is 6.20 Å². The number of anilines is 1. The van der Waals surface area contributed by atoms with Crippen molar-refractivity contribution >= 4 is 46.3 Å². The Balaban J connectivity index is 1.17. The molecular formula is C26H26ClN9OS. The van der Waals surface area contributed by atoms with E-state index >= 15 is 0 Å². The number of fused-ring (bicyclic) bond motifs is 2. The molecule has 1 amide bonds. The summed E-state index contributed by atoms with van der Waals surface area (Å²) < 4.78 is 0. The molecule has 5 N–H and O–H groups in total. The lowest BCUT2D eigenvalue weighted by molar-refractivity contribution is 0.0997. The van der Waals surface area contributed by atoms with Gasteiger partial charge in [0.15, 0.2) is 5.65 Å². The fraction of sp³-hybridized carbons (Fsp3) is 0.385. The molecule has 0 radical (unpaired) electrons. The SMILES string of the molecule is NC(=O)c1nc(N2CCC3(CC2)Cc2ncccc2[C@H]3N)nc2[nH]nc(Sc3ccnc(C4CC4)c3Cl)c12. The number of amides is 1. The van der Waals surface area contributed by atoms with Gasteiger partial charge >= 0.3 is 0 Å². The van der Waals surface area contributed by atoms with Crippen LogP contribution in [-0.2, 0) is 6.42 Å². The number of aromatic nitrogens is 6. The summed E-state index contributed by atoms with van der Waals surface area (Å²) in [5.74, 6) is 0.245. The molecule has 7 rings (SSSR count).